The van der Waals surface area contributed by atoms with Crippen LogP contribution >= 0.6 is 11.8 Å². The molecular weight excluding hydrogens is 370 g/mol. The van der Waals surface area contributed by atoms with Crippen molar-refractivity contribution >= 4 is 23.5 Å². The lowest BCUT2D eigenvalue weighted by molar-refractivity contribution is -0.137. The third-order valence-corrected chi connectivity index (χ3v) is 4.52. The van der Waals surface area contributed by atoms with Gasteiger partial charge in [0.05, 0.1) is 11.3 Å². The Hall–Kier alpha value is -2.35. The molecule has 0 bridgehead atoms. The highest BCUT2D eigenvalue weighted by atomic mass is 32.2. The maximum atomic E-state index is 13.8. The first kappa shape index (κ1) is 20.0. The van der Waals surface area contributed by atoms with Gasteiger partial charge >= 0.3 is 6.18 Å². The zero-order valence-electron chi connectivity index (χ0n) is 13.7. The molecule has 0 aliphatic heterocycles. The lowest BCUT2D eigenvalue weighted by Gasteiger charge is -2.09. The van der Waals surface area contributed by atoms with Crippen LogP contribution in [0.1, 0.15) is 28.4 Å². The summed E-state index contributed by atoms with van der Waals surface area (Å²) in [5.74, 6) is -1.28. The van der Waals surface area contributed by atoms with Crippen LogP contribution in [0.4, 0.5) is 17.6 Å². The summed E-state index contributed by atoms with van der Waals surface area (Å²) in [6.07, 6.45) is -4.40. The van der Waals surface area contributed by atoms with Crippen LogP contribution in [-0.4, -0.2) is 17.4 Å². The molecule has 1 N–H and O–H groups in total. The Morgan fingerprint density at radius 2 is 1.73 bits per heavy atom. The molecule has 26 heavy (non-hydrogen) atoms. The first-order valence-electron chi connectivity index (χ1n) is 7.53. The summed E-state index contributed by atoms with van der Waals surface area (Å²) in [6, 6.07) is 8.50. The van der Waals surface area contributed by atoms with E-state index in [1.165, 1.54) is 31.2 Å². The minimum atomic E-state index is -4.40. The van der Waals surface area contributed by atoms with Crippen molar-refractivity contribution in [2.75, 3.05) is 5.75 Å². The maximum Gasteiger partial charge on any atom is 0.416 e. The van der Waals surface area contributed by atoms with Crippen molar-refractivity contribution in [1.29, 1.82) is 0 Å². The first-order chi connectivity index (χ1) is 12.2. The smallest absolute Gasteiger partial charge is 0.351 e. The number of hydrogen-bond donors (Lipinski definition) is 1. The Bertz CT molecular complexity index is 804. The summed E-state index contributed by atoms with van der Waals surface area (Å²) < 4.78 is 51.3. The molecule has 0 saturated heterocycles. The highest BCUT2D eigenvalue weighted by molar-refractivity contribution is 8.00. The fourth-order valence-electron chi connectivity index (χ4n) is 2.04. The lowest BCUT2D eigenvalue weighted by Crippen LogP contribution is -2.24. The molecule has 0 aliphatic carbocycles. The van der Waals surface area contributed by atoms with E-state index in [1.54, 1.807) is 0 Å². The number of ketones is 1. The topological polar surface area (TPSA) is 46.2 Å². The minimum absolute atomic E-state index is 0.0586. The van der Waals surface area contributed by atoms with E-state index in [0.29, 0.717) is 5.56 Å². The Balaban J connectivity index is 1.85. The summed E-state index contributed by atoms with van der Waals surface area (Å²) >= 11 is 0.969. The molecule has 2 aromatic carbocycles. The van der Waals surface area contributed by atoms with Crippen molar-refractivity contribution < 1.29 is 27.2 Å². The molecule has 0 heterocycles. The first-order valence-corrected chi connectivity index (χ1v) is 8.51. The number of nitrogens with one attached hydrogen (secondary N) is 1. The molecule has 0 unspecified atom stereocenters. The summed E-state index contributed by atoms with van der Waals surface area (Å²) in [5.41, 5.74) is 0.0135. The van der Waals surface area contributed by atoms with Gasteiger partial charge in [-0.3, -0.25) is 9.59 Å². The number of rotatable bonds is 6. The van der Waals surface area contributed by atoms with Crippen LogP contribution in [0.3, 0.4) is 0 Å². The van der Waals surface area contributed by atoms with E-state index in [0.717, 1.165) is 30.0 Å². The number of carbonyl (C=O) groups is 2. The predicted octanol–water partition coefficient (Wildman–Crippen LogP) is 4.46. The number of benzene rings is 2. The highest BCUT2D eigenvalue weighted by Gasteiger charge is 2.29. The molecule has 0 radical (unpaired) electrons. The number of carbonyl (C=O) groups excluding carboxylic acids is 2. The fourth-order valence-corrected chi connectivity index (χ4v) is 2.79. The van der Waals surface area contributed by atoms with Gasteiger partial charge in [0.25, 0.3) is 0 Å². The van der Waals surface area contributed by atoms with Crippen molar-refractivity contribution in [1.82, 2.24) is 5.32 Å². The molecule has 1 amide bonds. The summed E-state index contributed by atoms with van der Waals surface area (Å²) in [7, 11) is 0. The van der Waals surface area contributed by atoms with E-state index in [-0.39, 0.29) is 34.4 Å². The molecule has 0 spiro atoms. The maximum absolute atomic E-state index is 13.8. The van der Waals surface area contributed by atoms with E-state index in [2.05, 4.69) is 5.32 Å². The second-order valence-electron chi connectivity index (χ2n) is 5.46. The lowest BCUT2D eigenvalue weighted by atomic mass is 10.1. The van der Waals surface area contributed by atoms with Crippen LogP contribution in [0.2, 0.25) is 0 Å². The number of thioether (sulfide) groups is 1. The Morgan fingerprint density at radius 3 is 2.27 bits per heavy atom. The quantitative estimate of drug-likeness (QED) is 0.454. The molecule has 0 atom stereocenters. The molecule has 2 rings (SSSR count). The van der Waals surface area contributed by atoms with Crippen LogP contribution in [0.15, 0.2) is 47.4 Å². The molecule has 0 aliphatic rings. The van der Waals surface area contributed by atoms with Crippen molar-refractivity contribution in [2.45, 2.75) is 24.5 Å². The van der Waals surface area contributed by atoms with Gasteiger partial charge in [0, 0.05) is 17.0 Å². The van der Waals surface area contributed by atoms with E-state index in [4.69, 9.17) is 0 Å². The van der Waals surface area contributed by atoms with E-state index >= 15 is 0 Å². The van der Waals surface area contributed by atoms with Crippen LogP contribution in [-0.2, 0) is 17.5 Å². The monoisotopic (exact) mass is 385 g/mol. The van der Waals surface area contributed by atoms with Crippen LogP contribution in [0.5, 0.6) is 0 Å². The highest BCUT2D eigenvalue weighted by Crippen LogP contribution is 2.29. The van der Waals surface area contributed by atoms with Gasteiger partial charge in [-0.1, -0.05) is 18.2 Å². The summed E-state index contributed by atoms with van der Waals surface area (Å²) in [5, 5.41) is 2.56. The van der Waals surface area contributed by atoms with Gasteiger partial charge in [-0.2, -0.15) is 13.2 Å². The van der Waals surface area contributed by atoms with E-state index in [9.17, 15) is 27.2 Å². The predicted molar refractivity (Wildman–Crippen MR) is 90.4 cm³/mol. The number of Topliss-reactive ketones (excluding diaryl/α,β-unsaturated/α-hetero) is 1. The van der Waals surface area contributed by atoms with Gasteiger partial charge in [0.1, 0.15) is 5.82 Å². The fraction of sp³-hybridized carbons (Fsp3) is 0.222. The number of alkyl halides is 3. The minimum Gasteiger partial charge on any atom is -0.351 e. The van der Waals surface area contributed by atoms with Crippen molar-refractivity contribution in [3.8, 4) is 0 Å². The molecule has 138 valence electrons. The second-order valence-corrected chi connectivity index (χ2v) is 6.48. The molecule has 0 aromatic heterocycles. The largest absolute Gasteiger partial charge is 0.416 e. The third-order valence-electron chi connectivity index (χ3n) is 3.47. The molecule has 8 heteroatoms. The van der Waals surface area contributed by atoms with Crippen molar-refractivity contribution in [2.24, 2.45) is 0 Å². The van der Waals surface area contributed by atoms with Crippen LogP contribution in [0, 0.1) is 5.82 Å². The average Bonchev–Trinajstić information content (AvgIpc) is 2.58. The zero-order valence-corrected chi connectivity index (χ0v) is 14.5. The molecule has 2 aromatic rings. The normalized spacial score (nSPS) is 11.3. The Morgan fingerprint density at radius 1 is 1.08 bits per heavy atom. The van der Waals surface area contributed by atoms with Crippen LogP contribution < -0.4 is 5.32 Å². The SMILES string of the molecule is CC(=O)c1ccc(SCC(=O)NCc2ccc(C(F)(F)F)cc2)c(F)c1. The van der Waals surface area contributed by atoms with E-state index < -0.39 is 17.6 Å². The van der Waals surface area contributed by atoms with Gasteiger partial charge < -0.3 is 5.32 Å². The van der Waals surface area contributed by atoms with Crippen molar-refractivity contribution in [3.05, 3.63) is 65.0 Å². The Kier molecular flexibility index (Phi) is 6.42. The number of hydrogen-bond acceptors (Lipinski definition) is 3. The Labute approximate surface area is 151 Å². The van der Waals surface area contributed by atoms with Gasteiger partial charge in [-0.25, -0.2) is 4.39 Å². The number of amides is 1. The standard InChI is InChI=1S/C18H15F4NO2S/c1-11(24)13-4-7-16(15(19)8-13)26-10-17(25)23-9-12-2-5-14(6-3-12)18(20,21)22/h2-8H,9-10H2,1H3,(H,23,25). The summed E-state index contributed by atoms with van der Waals surface area (Å²) in [4.78, 5) is 23.2. The number of halogens is 4. The molecule has 0 saturated carbocycles. The zero-order chi connectivity index (χ0) is 19.3. The van der Waals surface area contributed by atoms with Crippen molar-refractivity contribution in [3.63, 3.8) is 0 Å². The molecule has 0 fully saturated rings. The van der Waals surface area contributed by atoms with E-state index in [1.807, 2.05) is 0 Å². The van der Waals surface area contributed by atoms with Gasteiger partial charge in [0.2, 0.25) is 5.91 Å². The average molecular weight is 385 g/mol. The summed E-state index contributed by atoms with van der Waals surface area (Å²) in [6.45, 7) is 1.40. The van der Waals surface area contributed by atoms with Gasteiger partial charge in [-0.15, -0.1) is 11.8 Å². The van der Waals surface area contributed by atoms with Gasteiger partial charge in [-0.05, 0) is 36.8 Å². The molecule has 3 nitrogen and oxygen atoms in total. The second kappa shape index (κ2) is 8.35. The van der Waals surface area contributed by atoms with Gasteiger partial charge in [0.15, 0.2) is 5.78 Å². The molecular formula is C18H15F4NO2S. The van der Waals surface area contributed by atoms with Crippen LogP contribution in [0.25, 0.3) is 0 Å². The third kappa shape index (κ3) is 5.59.